The largest absolute Gasteiger partial charge is 0.298 e. The van der Waals surface area contributed by atoms with Crippen LogP contribution < -0.4 is 0 Å². The summed E-state index contributed by atoms with van der Waals surface area (Å²) in [6, 6.07) is 1.87. The molecule has 0 aromatic carbocycles. The second-order valence-corrected chi connectivity index (χ2v) is 2.61. The van der Waals surface area contributed by atoms with Crippen LogP contribution in [0.1, 0.15) is 15.9 Å². The Labute approximate surface area is 68.4 Å². The molecule has 1 heterocycles. The Hall–Kier alpha value is -1.40. The first kappa shape index (κ1) is 7.70. The molecular weight excluding hydrogens is 158 g/mol. The summed E-state index contributed by atoms with van der Waals surface area (Å²) in [5.41, 5.74) is 1.45. The second-order valence-electron chi connectivity index (χ2n) is 1.86. The summed E-state index contributed by atoms with van der Waals surface area (Å²) in [5.74, 6) is 0. The van der Waals surface area contributed by atoms with E-state index in [0.29, 0.717) is 5.56 Å². The SMILES string of the molecule is N#CC=Cc1cscc1C=O. The Balaban J connectivity index is 2.95. The maximum Gasteiger partial charge on any atom is 0.151 e. The van der Waals surface area contributed by atoms with Gasteiger partial charge in [0.25, 0.3) is 0 Å². The normalized spacial score (nSPS) is 9.73. The molecule has 0 N–H and O–H groups in total. The molecule has 54 valence electrons. The van der Waals surface area contributed by atoms with Gasteiger partial charge in [-0.1, -0.05) is 0 Å². The van der Waals surface area contributed by atoms with Gasteiger partial charge in [-0.3, -0.25) is 4.79 Å². The molecule has 1 rings (SSSR count). The topological polar surface area (TPSA) is 40.9 Å². The minimum Gasteiger partial charge on any atom is -0.298 e. The van der Waals surface area contributed by atoms with Crippen molar-refractivity contribution in [2.24, 2.45) is 0 Å². The summed E-state index contributed by atoms with van der Waals surface area (Å²) < 4.78 is 0. The lowest BCUT2D eigenvalue weighted by Crippen LogP contribution is -1.76. The Morgan fingerprint density at radius 1 is 1.45 bits per heavy atom. The van der Waals surface area contributed by atoms with Gasteiger partial charge in [0.05, 0.1) is 6.07 Å². The summed E-state index contributed by atoms with van der Waals surface area (Å²) in [7, 11) is 0. The molecule has 0 atom stereocenters. The third-order valence-electron chi connectivity index (χ3n) is 1.19. The van der Waals surface area contributed by atoms with Gasteiger partial charge in [0, 0.05) is 17.0 Å². The van der Waals surface area contributed by atoms with Gasteiger partial charge in [0.1, 0.15) is 0 Å². The molecular formula is C8H5NOS. The highest BCUT2D eigenvalue weighted by atomic mass is 32.1. The van der Waals surface area contributed by atoms with E-state index in [-0.39, 0.29) is 0 Å². The summed E-state index contributed by atoms with van der Waals surface area (Å²) in [6.45, 7) is 0. The van der Waals surface area contributed by atoms with Gasteiger partial charge in [-0.15, -0.1) is 0 Å². The number of rotatable bonds is 2. The quantitative estimate of drug-likeness (QED) is 0.494. The number of hydrogen-bond acceptors (Lipinski definition) is 3. The molecule has 0 spiro atoms. The van der Waals surface area contributed by atoms with E-state index in [2.05, 4.69) is 0 Å². The van der Waals surface area contributed by atoms with E-state index in [1.54, 1.807) is 11.5 Å². The molecule has 0 aliphatic carbocycles. The van der Waals surface area contributed by atoms with Crippen molar-refractivity contribution in [3.63, 3.8) is 0 Å². The van der Waals surface area contributed by atoms with Crippen LogP contribution in [0.3, 0.4) is 0 Å². The van der Waals surface area contributed by atoms with Crippen LogP contribution in [0, 0.1) is 11.3 Å². The third kappa shape index (κ3) is 1.76. The van der Waals surface area contributed by atoms with Crippen molar-refractivity contribution >= 4 is 23.7 Å². The van der Waals surface area contributed by atoms with Crippen LogP contribution in [-0.4, -0.2) is 6.29 Å². The Morgan fingerprint density at radius 2 is 2.18 bits per heavy atom. The minimum atomic E-state index is 0.640. The Kier molecular flexibility index (Phi) is 2.59. The van der Waals surface area contributed by atoms with E-state index in [1.165, 1.54) is 17.4 Å². The monoisotopic (exact) mass is 163 g/mol. The number of aldehydes is 1. The van der Waals surface area contributed by atoms with Gasteiger partial charge < -0.3 is 0 Å². The highest BCUT2D eigenvalue weighted by Crippen LogP contribution is 2.13. The first-order valence-electron chi connectivity index (χ1n) is 2.96. The molecule has 1 aromatic heterocycles. The van der Waals surface area contributed by atoms with Gasteiger partial charge >= 0.3 is 0 Å². The van der Waals surface area contributed by atoms with Gasteiger partial charge in [0.2, 0.25) is 0 Å². The fourth-order valence-corrected chi connectivity index (χ4v) is 1.44. The zero-order valence-electron chi connectivity index (χ0n) is 5.65. The van der Waals surface area contributed by atoms with Crippen molar-refractivity contribution in [1.82, 2.24) is 0 Å². The molecule has 2 nitrogen and oxygen atoms in total. The predicted octanol–water partition coefficient (Wildman–Crippen LogP) is 2.10. The molecule has 0 unspecified atom stereocenters. The summed E-state index contributed by atoms with van der Waals surface area (Å²) in [6.07, 6.45) is 3.77. The van der Waals surface area contributed by atoms with E-state index in [9.17, 15) is 4.79 Å². The summed E-state index contributed by atoms with van der Waals surface area (Å²) in [5, 5.41) is 11.8. The molecule has 0 fully saturated rings. The number of allylic oxidation sites excluding steroid dienone is 1. The van der Waals surface area contributed by atoms with E-state index < -0.39 is 0 Å². The molecule has 0 amide bonds. The lowest BCUT2D eigenvalue weighted by atomic mass is 10.2. The maximum atomic E-state index is 10.3. The van der Waals surface area contributed by atoms with E-state index in [0.717, 1.165) is 11.8 Å². The fraction of sp³-hybridized carbons (Fsp3) is 0. The van der Waals surface area contributed by atoms with Gasteiger partial charge in [-0.2, -0.15) is 16.6 Å². The van der Waals surface area contributed by atoms with Crippen molar-refractivity contribution in [2.45, 2.75) is 0 Å². The van der Waals surface area contributed by atoms with Gasteiger partial charge in [-0.25, -0.2) is 0 Å². The molecule has 3 heteroatoms. The fourth-order valence-electron chi connectivity index (χ4n) is 0.675. The van der Waals surface area contributed by atoms with Crippen LogP contribution in [0.25, 0.3) is 6.08 Å². The number of carbonyl (C=O) groups excluding carboxylic acids is 1. The number of hydrogen-bond donors (Lipinski definition) is 0. The molecule has 0 saturated heterocycles. The van der Waals surface area contributed by atoms with Crippen LogP contribution in [0.2, 0.25) is 0 Å². The standard InChI is InChI=1S/C8H5NOS/c9-3-1-2-7-5-11-6-8(7)4-10/h1-2,4-6H. The smallest absolute Gasteiger partial charge is 0.151 e. The van der Waals surface area contributed by atoms with Crippen LogP contribution >= 0.6 is 11.3 Å². The van der Waals surface area contributed by atoms with Crippen LogP contribution in [0.5, 0.6) is 0 Å². The number of nitrogens with zero attached hydrogens (tertiary/aromatic N) is 1. The molecule has 0 bridgehead atoms. The molecule has 1 aromatic rings. The predicted molar refractivity (Wildman–Crippen MR) is 44.4 cm³/mol. The first-order chi connectivity index (χ1) is 5.38. The number of carbonyl (C=O) groups is 1. The zero-order valence-corrected chi connectivity index (χ0v) is 6.47. The molecule has 0 aliphatic rings. The molecule has 0 saturated carbocycles. The van der Waals surface area contributed by atoms with Gasteiger partial charge in [0.15, 0.2) is 6.29 Å². The van der Waals surface area contributed by atoms with Crippen molar-refractivity contribution in [1.29, 1.82) is 5.26 Å². The van der Waals surface area contributed by atoms with Crippen molar-refractivity contribution in [3.05, 3.63) is 28.0 Å². The van der Waals surface area contributed by atoms with Crippen LogP contribution in [0.4, 0.5) is 0 Å². The second kappa shape index (κ2) is 3.69. The van der Waals surface area contributed by atoms with Crippen molar-refractivity contribution < 1.29 is 4.79 Å². The van der Waals surface area contributed by atoms with Gasteiger partial charge in [-0.05, 0) is 17.0 Å². The Morgan fingerprint density at radius 3 is 2.82 bits per heavy atom. The van der Waals surface area contributed by atoms with Crippen LogP contribution in [0.15, 0.2) is 16.8 Å². The van der Waals surface area contributed by atoms with E-state index in [4.69, 9.17) is 5.26 Å². The highest BCUT2D eigenvalue weighted by Gasteiger charge is 1.96. The number of nitriles is 1. The third-order valence-corrected chi connectivity index (χ3v) is 1.97. The molecule has 11 heavy (non-hydrogen) atoms. The lowest BCUT2D eigenvalue weighted by molar-refractivity contribution is 0.112. The lowest BCUT2D eigenvalue weighted by Gasteiger charge is -1.83. The molecule has 0 radical (unpaired) electrons. The minimum absolute atomic E-state index is 0.640. The molecule has 0 aliphatic heterocycles. The highest BCUT2D eigenvalue weighted by molar-refractivity contribution is 7.08. The summed E-state index contributed by atoms with van der Waals surface area (Å²) >= 11 is 1.45. The summed E-state index contributed by atoms with van der Waals surface area (Å²) in [4.78, 5) is 10.3. The van der Waals surface area contributed by atoms with E-state index in [1.807, 2.05) is 11.4 Å². The Bertz CT molecular complexity index is 319. The van der Waals surface area contributed by atoms with Crippen molar-refractivity contribution in [3.8, 4) is 6.07 Å². The zero-order chi connectivity index (χ0) is 8.10. The van der Waals surface area contributed by atoms with Crippen molar-refractivity contribution in [2.75, 3.05) is 0 Å². The number of thiophene rings is 1. The van der Waals surface area contributed by atoms with Crippen LogP contribution in [-0.2, 0) is 0 Å². The van der Waals surface area contributed by atoms with E-state index >= 15 is 0 Å². The first-order valence-corrected chi connectivity index (χ1v) is 3.90. The average molecular weight is 163 g/mol. The average Bonchev–Trinajstić information content (AvgIpc) is 2.47. The maximum absolute atomic E-state index is 10.3.